The molecule has 0 N–H and O–H groups in total. The van der Waals surface area contributed by atoms with Gasteiger partial charge in [-0.2, -0.15) is 9.37 Å². The Hall–Kier alpha value is -2.76. The molecule has 21 heavy (non-hydrogen) atoms. The van der Waals surface area contributed by atoms with E-state index in [0.717, 1.165) is 11.3 Å². The predicted octanol–water partition coefficient (Wildman–Crippen LogP) is 3.25. The van der Waals surface area contributed by atoms with E-state index in [0.29, 0.717) is 22.8 Å². The van der Waals surface area contributed by atoms with Crippen LogP contribution in [-0.4, -0.2) is 22.2 Å². The number of hydrogen-bond donors (Lipinski definition) is 0. The second kappa shape index (κ2) is 5.32. The average molecular weight is 285 g/mol. The van der Waals surface area contributed by atoms with Gasteiger partial charge in [0.25, 0.3) is 5.89 Å². The van der Waals surface area contributed by atoms with Crippen LogP contribution < -0.4 is 4.74 Å². The van der Waals surface area contributed by atoms with Crippen LogP contribution in [0.1, 0.15) is 5.56 Å². The third-order valence-corrected chi connectivity index (χ3v) is 3.04. The Labute approximate surface area is 120 Å². The molecule has 0 saturated heterocycles. The van der Waals surface area contributed by atoms with Crippen molar-refractivity contribution in [1.82, 2.24) is 15.1 Å². The Morgan fingerprint density at radius 2 is 1.90 bits per heavy atom. The number of rotatable bonds is 3. The summed E-state index contributed by atoms with van der Waals surface area (Å²) in [6.07, 6.45) is 1.37. The Morgan fingerprint density at radius 1 is 1.14 bits per heavy atom. The molecule has 0 amide bonds. The molecule has 2 aromatic heterocycles. The molecular weight excluding hydrogens is 273 g/mol. The molecule has 5 nitrogen and oxygen atoms in total. The van der Waals surface area contributed by atoms with Crippen molar-refractivity contribution in [2.75, 3.05) is 7.11 Å². The quantitative estimate of drug-likeness (QED) is 0.691. The van der Waals surface area contributed by atoms with E-state index in [9.17, 15) is 4.39 Å². The molecule has 0 radical (unpaired) electrons. The van der Waals surface area contributed by atoms with Crippen LogP contribution >= 0.6 is 0 Å². The third-order valence-electron chi connectivity index (χ3n) is 3.04. The molecule has 2 heterocycles. The van der Waals surface area contributed by atoms with E-state index in [1.54, 1.807) is 20.1 Å². The molecule has 0 aliphatic carbocycles. The highest BCUT2D eigenvalue weighted by Gasteiger charge is 2.12. The first-order valence-electron chi connectivity index (χ1n) is 6.28. The summed E-state index contributed by atoms with van der Waals surface area (Å²) in [5, 5.41) is 3.92. The standard InChI is InChI=1S/C15H12FN3O2/c1-9-7-11(8-17-13(9)16)15-18-14(19-21-15)10-3-5-12(20-2)6-4-10/h3-8H,1-2H3. The highest BCUT2D eigenvalue weighted by atomic mass is 19.1. The van der Waals surface area contributed by atoms with Gasteiger partial charge in [0, 0.05) is 17.3 Å². The lowest BCUT2D eigenvalue weighted by atomic mass is 10.2. The number of hydrogen-bond acceptors (Lipinski definition) is 5. The molecule has 0 spiro atoms. The number of aryl methyl sites for hydroxylation is 1. The van der Waals surface area contributed by atoms with Gasteiger partial charge in [-0.25, -0.2) is 4.98 Å². The molecule has 0 aliphatic rings. The van der Waals surface area contributed by atoms with Crippen LogP contribution in [0.2, 0.25) is 0 Å². The molecule has 0 saturated carbocycles. The SMILES string of the molecule is COc1ccc(-c2noc(-c3cnc(F)c(C)c3)n2)cc1. The number of nitrogens with zero attached hydrogens (tertiary/aromatic N) is 3. The maximum atomic E-state index is 13.2. The fraction of sp³-hybridized carbons (Fsp3) is 0.133. The molecule has 0 bridgehead atoms. The van der Waals surface area contributed by atoms with Gasteiger partial charge in [0.05, 0.1) is 12.7 Å². The van der Waals surface area contributed by atoms with Crippen LogP contribution in [0.15, 0.2) is 41.1 Å². The van der Waals surface area contributed by atoms with E-state index in [4.69, 9.17) is 9.26 Å². The van der Waals surface area contributed by atoms with Crippen LogP contribution in [0.25, 0.3) is 22.8 Å². The minimum atomic E-state index is -0.506. The van der Waals surface area contributed by atoms with Crippen molar-refractivity contribution in [3.63, 3.8) is 0 Å². The lowest BCUT2D eigenvalue weighted by Crippen LogP contribution is -1.89. The number of ether oxygens (including phenoxy) is 1. The second-order valence-electron chi connectivity index (χ2n) is 4.48. The summed E-state index contributed by atoms with van der Waals surface area (Å²) in [5.41, 5.74) is 1.82. The first-order chi connectivity index (χ1) is 10.2. The van der Waals surface area contributed by atoms with Crippen LogP contribution in [0.4, 0.5) is 4.39 Å². The van der Waals surface area contributed by atoms with E-state index >= 15 is 0 Å². The van der Waals surface area contributed by atoms with Crippen molar-refractivity contribution in [1.29, 1.82) is 0 Å². The zero-order chi connectivity index (χ0) is 14.8. The molecule has 1 aromatic carbocycles. The molecule has 6 heteroatoms. The smallest absolute Gasteiger partial charge is 0.259 e. The molecule has 106 valence electrons. The lowest BCUT2D eigenvalue weighted by Gasteiger charge is -1.99. The van der Waals surface area contributed by atoms with Gasteiger partial charge in [-0.1, -0.05) is 5.16 Å². The minimum absolute atomic E-state index is 0.302. The van der Waals surface area contributed by atoms with Gasteiger partial charge in [-0.15, -0.1) is 0 Å². The molecular formula is C15H12FN3O2. The average Bonchev–Trinajstić information content (AvgIpc) is 3.00. The highest BCUT2D eigenvalue weighted by molar-refractivity contribution is 5.60. The van der Waals surface area contributed by atoms with Gasteiger partial charge in [0.15, 0.2) is 0 Å². The van der Waals surface area contributed by atoms with Gasteiger partial charge in [-0.05, 0) is 37.3 Å². The van der Waals surface area contributed by atoms with Gasteiger partial charge in [-0.3, -0.25) is 0 Å². The Morgan fingerprint density at radius 3 is 2.57 bits per heavy atom. The maximum absolute atomic E-state index is 13.2. The van der Waals surface area contributed by atoms with Gasteiger partial charge in [0.2, 0.25) is 11.8 Å². The third kappa shape index (κ3) is 2.60. The maximum Gasteiger partial charge on any atom is 0.259 e. The van der Waals surface area contributed by atoms with E-state index < -0.39 is 5.95 Å². The van der Waals surface area contributed by atoms with E-state index in [1.165, 1.54) is 6.20 Å². The zero-order valence-corrected chi connectivity index (χ0v) is 11.5. The van der Waals surface area contributed by atoms with E-state index in [1.807, 2.05) is 24.3 Å². The van der Waals surface area contributed by atoms with E-state index in [-0.39, 0.29) is 0 Å². The Balaban J connectivity index is 1.93. The zero-order valence-electron chi connectivity index (χ0n) is 11.5. The van der Waals surface area contributed by atoms with E-state index in [2.05, 4.69) is 15.1 Å². The fourth-order valence-corrected chi connectivity index (χ4v) is 1.87. The number of pyridine rings is 1. The highest BCUT2D eigenvalue weighted by Crippen LogP contribution is 2.24. The second-order valence-corrected chi connectivity index (χ2v) is 4.48. The summed E-state index contributed by atoms with van der Waals surface area (Å²) in [6.45, 7) is 1.63. The largest absolute Gasteiger partial charge is 0.497 e. The molecule has 3 rings (SSSR count). The summed E-state index contributed by atoms with van der Waals surface area (Å²) in [7, 11) is 1.60. The van der Waals surface area contributed by atoms with Crippen molar-refractivity contribution in [2.45, 2.75) is 6.92 Å². The first kappa shape index (κ1) is 13.2. The summed E-state index contributed by atoms with van der Waals surface area (Å²) in [4.78, 5) is 7.94. The molecule has 0 aliphatic heterocycles. The number of benzene rings is 1. The summed E-state index contributed by atoms with van der Waals surface area (Å²) in [5.74, 6) is 1.00. The Kier molecular flexibility index (Phi) is 3.35. The van der Waals surface area contributed by atoms with Crippen LogP contribution in [0.5, 0.6) is 5.75 Å². The van der Waals surface area contributed by atoms with Crippen molar-refractivity contribution in [3.8, 4) is 28.6 Å². The molecule has 0 fully saturated rings. The normalized spacial score (nSPS) is 10.6. The summed E-state index contributed by atoms with van der Waals surface area (Å²) < 4.78 is 23.5. The van der Waals surface area contributed by atoms with Gasteiger partial charge in [0.1, 0.15) is 5.75 Å². The molecule has 3 aromatic rings. The van der Waals surface area contributed by atoms with Gasteiger partial charge < -0.3 is 9.26 Å². The van der Waals surface area contributed by atoms with Crippen LogP contribution in [-0.2, 0) is 0 Å². The van der Waals surface area contributed by atoms with Crippen molar-refractivity contribution >= 4 is 0 Å². The molecule has 0 atom stereocenters. The van der Waals surface area contributed by atoms with Crippen molar-refractivity contribution < 1.29 is 13.7 Å². The molecule has 0 unspecified atom stereocenters. The van der Waals surface area contributed by atoms with Crippen LogP contribution in [0.3, 0.4) is 0 Å². The van der Waals surface area contributed by atoms with Crippen molar-refractivity contribution in [3.05, 3.63) is 48.0 Å². The van der Waals surface area contributed by atoms with Gasteiger partial charge >= 0.3 is 0 Å². The number of methoxy groups -OCH3 is 1. The topological polar surface area (TPSA) is 61.0 Å². The lowest BCUT2D eigenvalue weighted by molar-refractivity contribution is 0.414. The summed E-state index contributed by atoms with van der Waals surface area (Å²) in [6, 6.07) is 8.92. The fourth-order valence-electron chi connectivity index (χ4n) is 1.87. The summed E-state index contributed by atoms with van der Waals surface area (Å²) >= 11 is 0. The number of aromatic nitrogens is 3. The predicted molar refractivity (Wildman–Crippen MR) is 74.2 cm³/mol. The van der Waals surface area contributed by atoms with Crippen molar-refractivity contribution in [2.24, 2.45) is 0 Å². The Bertz CT molecular complexity index is 769. The first-order valence-corrected chi connectivity index (χ1v) is 6.28. The minimum Gasteiger partial charge on any atom is -0.497 e. The monoisotopic (exact) mass is 285 g/mol. The van der Waals surface area contributed by atoms with Crippen LogP contribution in [0, 0.1) is 12.9 Å². The number of halogens is 1.